The Bertz CT molecular complexity index is 640. The Morgan fingerprint density at radius 3 is 2.82 bits per heavy atom. The molecule has 6 heteroatoms. The summed E-state index contributed by atoms with van der Waals surface area (Å²) in [7, 11) is 0. The molecule has 0 saturated heterocycles. The highest BCUT2D eigenvalue weighted by atomic mass is 79.9. The lowest BCUT2D eigenvalue weighted by atomic mass is 10.3. The highest BCUT2D eigenvalue weighted by Gasteiger charge is 2.11. The third-order valence-corrected chi connectivity index (χ3v) is 3.47. The predicted octanol–water partition coefficient (Wildman–Crippen LogP) is 2.66. The number of aromatic hydroxyl groups is 1. The summed E-state index contributed by atoms with van der Waals surface area (Å²) in [4.78, 5) is 15.8. The first-order chi connectivity index (χ1) is 8.00. The molecule has 0 unspecified atom stereocenters. The Hall–Kier alpha value is -1.33. The Morgan fingerprint density at radius 2 is 2.18 bits per heavy atom. The zero-order valence-corrected chi connectivity index (χ0v) is 11.2. The monoisotopic (exact) mass is 314 g/mol. The van der Waals surface area contributed by atoms with Crippen molar-refractivity contribution in [2.24, 2.45) is 0 Å². The fraction of sp³-hybridized carbons (Fsp3) is 0.0909. The summed E-state index contributed by atoms with van der Waals surface area (Å²) < 4.78 is 1.88. The Balaban J connectivity index is 2.78. The molecule has 0 aromatic carbocycles. The lowest BCUT2D eigenvalue weighted by molar-refractivity contribution is 0.472. The fourth-order valence-electron chi connectivity index (χ4n) is 1.58. The van der Waals surface area contributed by atoms with E-state index >= 15 is 0 Å². The van der Waals surface area contributed by atoms with Gasteiger partial charge < -0.3 is 5.11 Å². The minimum absolute atomic E-state index is 0.0620. The Kier molecular flexibility index (Phi) is 3.22. The van der Waals surface area contributed by atoms with E-state index in [4.69, 9.17) is 11.6 Å². The van der Waals surface area contributed by atoms with Crippen molar-refractivity contribution in [1.82, 2.24) is 9.55 Å². The average molecular weight is 316 g/mol. The summed E-state index contributed by atoms with van der Waals surface area (Å²) in [5, 5.41) is 9.67. The van der Waals surface area contributed by atoms with Crippen LogP contribution in [0.4, 0.5) is 0 Å². The van der Waals surface area contributed by atoms with Crippen molar-refractivity contribution >= 4 is 27.5 Å². The molecule has 1 N–H and O–H groups in total. The summed E-state index contributed by atoms with van der Waals surface area (Å²) in [6.45, 7) is 1.71. The molecule has 0 aliphatic heterocycles. The van der Waals surface area contributed by atoms with Crippen molar-refractivity contribution in [3.05, 3.63) is 50.1 Å². The molecule has 2 rings (SSSR count). The summed E-state index contributed by atoms with van der Waals surface area (Å²) in [6.07, 6.45) is 1.55. The van der Waals surface area contributed by atoms with Gasteiger partial charge in [-0.1, -0.05) is 11.6 Å². The predicted molar refractivity (Wildman–Crippen MR) is 68.9 cm³/mol. The topological polar surface area (TPSA) is 55.1 Å². The standard InChI is InChI=1S/C11H8BrClN2O2/c1-6-4-7(16)5-9(17)15(6)8-2-3-14-11(12)10(8)13/h2-5,16H,1H3. The van der Waals surface area contributed by atoms with Gasteiger partial charge in [0, 0.05) is 18.0 Å². The lowest BCUT2D eigenvalue weighted by Gasteiger charge is -2.11. The Morgan fingerprint density at radius 1 is 1.47 bits per heavy atom. The average Bonchev–Trinajstić information content (AvgIpc) is 2.23. The molecule has 2 aromatic rings. The molecule has 0 radical (unpaired) electrons. The van der Waals surface area contributed by atoms with Crippen LogP contribution in [0, 0.1) is 6.92 Å². The maximum Gasteiger partial charge on any atom is 0.259 e. The maximum absolute atomic E-state index is 11.8. The summed E-state index contributed by atoms with van der Waals surface area (Å²) in [5.41, 5.74) is 0.772. The summed E-state index contributed by atoms with van der Waals surface area (Å²) in [5.74, 6) is -0.0620. The van der Waals surface area contributed by atoms with Gasteiger partial charge in [0.25, 0.3) is 5.56 Å². The van der Waals surface area contributed by atoms with E-state index in [1.807, 2.05) is 0 Å². The molecule has 0 aliphatic rings. The van der Waals surface area contributed by atoms with Crippen LogP contribution in [0.25, 0.3) is 5.69 Å². The molecule has 0 bridgehead atoms. The molecule has 2 aromatic heterocycles. The minimum atomic E-state index is -0.345. The second kappa shape index (κ2) is 4.50. The smallest absolute Gasteiger partial charge is 0.259 e. The van der Waals surface area contributed by atoms with Crippen molar-refractivity contribution in [1.29, 1.82) is 0 Å². The quantitative estimate of drug-likeness (QED) is 0.823. The number of hydrogen-bond acceptors (Lipinski definition) is 3. The first-order valence-electron chi connectivity index (χ1n) is 4.74. The van der Waals surface area contributed by atoms with Crippen LogP contribution in [-0.4, -0.2) is 14.7 Å². The van der Waals surface area contributed by atoms with E-state index in [1.54, 1.807) is 19.2 Å². The van der Waals surface area contributed by atoms with Crippen molar-refractivity contribution in [3.63, 3.8) is 0 Å². The zero-order chi connectivity index (χ0) is 12.6. The SMILES string of the molecule is Cc1cc(O)cc(=O)n1-c1ccnc(Br)c1Cl. The van der Waals surface area contributed by atoms with Gasteiger partial charge in [-0.3, -0.25) is 9.36 Å². The number of rotatable bonds is 1. The molecule has 2 heterocycles. The van der Waals surface area contributed by atoms with Crippen molar-refractivity contribution < 1.29 is 5.11 Å². The van der Waals surface area contributed by atoms with Crippen LogP contribution in [0.2, 0.25) is 5.02 Å². The van der Waals surface area contributed by atoms with Crippen molar-refractivity contribution in [2.45, 2.75) is 6.92 Å². The number of aromatic nitrogens is 2. The maximum atomic E-state index is 11.8. The molecular formula is C11H8BrClN2O2. The van der Waals surface area contributed by atoms with Crippen LogP contribution in [0.3, 0.4) is 0 Å². The molecule has 17 heavy (non-hydrogen) atoms. The van der Waals surface area contributed by atoms with Gasteiger partial charge in [0.15, 0.2) is 0 Å². The van der Waals surface area contributed by atoms with Crippen LogP contribution in [-0.2, 0) is 0 Å². The fourth-order valence-corrected chi connectivity index (χ4v) is 2.09. The van der Waals surface area contributed by atoms with Gasteiger partial charge in [-0.15, -0.1) is 0 Å². The van der Waals surface area contributed by atoms with E-state index in [9.17, 15) is 9.90 Å². The highest BCUT2D eigenvalue weighted by molar-refractivity contribution is 9.10. The van der Waals surface area contributed by atoms with E-state index < -0.39 is 0 Å². The lowest BCUT2D eigenvalue weighted by Crippen LogP contribution is -2.19. The van der Waals surface area contributed by atoms with E-state index in [0.29, 0.717) is 21.0 Å². The number of hydrogen-bond donors (Lipinski definition) is 1. The molecule has 0 amide bonds. The largest absolute Gasteiger partial charge is 0.508 e. The first-order valence-corrected chi connectivity index (χ1v) is 5.91. The van der Waals surface area contributed by atoms with Gasteiger partial charge in [0.05, 0.1) is 10.7 Å². The van der Waals surface area contributed by atoms with Crippen LogP contribution in [0.15, 0.2) is 33.8 Å². The van der Waals surface area contributed by atoms with Crippen LogP contribution >= 0.6 is 27.5 Å². The molecule has 0 spiro atoms. The number of pyridine rings is 2. The Labute approximate surface area is 111 Å². The van der Waals surface area contributed by atoms with Crippen LogP contribution in [0.5, 0.6) is 5.75 Å². The molecule has 88 valence electrons. The number of nitrogens with zero attached hydrogens (tertiary/aromatic N) is 2. The summed E-state index contributed by atoms with van der Waals surface area (Å²) >= 11 is 9.28. The molecular weight excluding hydrogens is 307 g/mol. The highest BCUT2D eigenvalue weighted by Crippen LogP contribution is 2.27. The molecule has 0 fully saturated rings. The normalized spacial score (nSPS) is 10.5. The zero-order valence-electron chi connectivity index (χ0n) is 8.82. The molecule has 4 nitrogen and oxygen atoms in total. The van der Waals surface area contributed by atoms with E-state index in [1.165, 1.54) is 10.6 Å². The van der Waals surface area contributed by atoms with Gasteiger partial charge in [0.1, 0.15) is 10.4 Å². The van der Waals surface area contributed by atoms with E-state index in [0.717, 1.165) is 6.07 Å². The molecule has 0 saturated carbocycles. The first kappa shape index (κ1) is 12.1. The van der Waals surface area contributed by atoms with Gasteiger partial charge in [-0.2, -0.15) is 0 Å². The second-order valence-corrected chi connectivity index (χ2v) is 4.59. The van der Waals surface area contributed by atoms with Gasteiger partial charge in [-0.05, 0) is 35.0 Å². The molecule has 0 aliphatic carbocycles. The van der Waals surface area contributed by atoms with E-state index in [-0.39, 0.29) is 11.3 Å². The number of halogens is 2. The minimum Gasteiger partial charge on any atom is -0.508 e. The van der Waals surface area contributed by atoms with Crippen molar-refractivity contribution in [2.75, 3.05) is 0 Å². The third-order valence-electron chi connectivity index (χ3n) is 2.27. The molecule has 0 atom stereocenters. The number of aryl methyl sites for hydroxylation is 1. The summed E-state index contributed by atoms with van der Waals surface area (Å²) in [6, 6.07) is 4.27. The van der Waals surface area contributed by atoms with E-state index in [2.05, 4.69) is 20.9 Å². The van der Waals surface area contributed by atoms with Gasteiger partial charge in [0.2, 0.25) is 0 Å². The van der Waals surface area contributed by atoms with Crippen LogP contribution < -0.4 is 5.56 Å². The van der Waals surface area contributed by atoms with Gasteiger partial charge in [-0.25, -0.2) is 4.98 Å². The second-order valence-electron chi connectivity index (χ2n) is 3.46. The van der Waals surface area contributed by atoms with Crippen molar-refractivity contribution in [3.8, 4) is 11.4 Å². The van der Waals surface area contributed by atoms with Gasteiger partial charge >= 0.3 is 0 Å². The van der Waals surface area contributed by atoms with Crippen LogP contribution in [0.1, 0.15) is 5.69 Å². The third kappa shape index (κ3) is 2.21.